The Labute approximate surface area is 96.0 Å². The molecular weight excluding hydrogens is 182 g/mol. The highest BCUT2D eigenvalue weighted by molar-refractivity contribution is 4.83. The average Bonchev–Trinajstić information content (AvgIpc) is 1.98. The molecule has 0 heterocycles. The first-order valence-corrected chi connectivity index (χ1v) is 6.85. The van der Waals surface area contributed by atoms with E-state index in [0.29, 0.717) is 6.04 Å². The highest BCUT2D eigenvalue weighted by atomic mass is 14.9. The summed E-state index contributed by atoms with van der Waals surface area (Å²) in [7, 11) is 0. The van der Waals surface area contributed by atoms with E-state index in [4.69, 9.17) is 0 Å². The first-order chi connectivity index (χ1) is 7.09. The Bertz CT molecular complexity index is 159. The van der Waals surface area contributed by atoms with Gasteiger partial charge in [-0.05, 0) is 31.1 Å². The smallest absolute Gasteiger partial charge is 0.00976 e. The lowest BCUT2D eigenvalue weighted by molar-refractivity contribution is 0.205. The minimum atomic E-state index is 0.648. The molecule has 1 aliphatic carbocycles. The third-order valence-electron chi connectivity index (χ3n) is 3.56. The molecule has 1 saturated carbocycles. The summed E-state index contributed by atoms with van der Waals surface area (Å²) in [6.07, 6.45) is 8.58. The van der Waals surface area contributed by atoms with Gasteiger partial charge in [0, 0.05) is 12.1 Å². The maximum atomic E-state index is 3.76. The predicted octanol–water partition coefficient (Wildman–Crippen LogP) is 3.98. The van der Waals surface area contributed by atoms with E-state index in [1.54, 1.807) is 0 Å². The van der Waals surface area contributed by atoms with E-state index in [1.807, 2.05) is 0 Å². The van der Waals surface area contributed by atoms with Crippen LogP contribution in [-0.2, 0) is 0 Å². The molecule has 0 radical (unpaired) electrons. The molecule has 0 aromatic rings. The first kappa shape index (κ1) is 13.0. The first-order valence-electron chi connectivity index (χ1n) is 6.85. The van der Waals surface area contributed by atoms with Crippen molar-refractivity contribution in [1.29, 1.82) is 0 Å². The zero-order chi connectivity index (χ0) is 11.3. The van der Waals surface area contributed by atoms with Crippen molar-refractivity contribution in [1.82, 2.24) is 5.32 Å². The van der Waals surface area contributed by atoms with Crippen molar-refractivity contribution in [3.8, 4) is 0 Å². The fourth-order valence-corrected chi connectivity index (χ4v) is 2.47. The van der Waals surface area contributed by atoms with Crippen LogP contribution in [0.4, 0.5) is 0 Å². The maximum absolute atomic E-state index is 3.76. The van der Waals surface area contributed by atoms with E-state index in [0.717, 1.165) is 17.9 Å². The molecule has 1 unspecified atom stereocenters. The molecule has 0 aromatic heterocycles. The number of nitrogens with one attached hydrogen (secondary N) is 1. The Morgan fingerprint density at radius 1 is 1.07 bits per heavy atom. The van der Waals surface area contributed by atoms with Gasteiger partial charge < -0.3 is 5.32 Å². The summed E-state index contributed by atoms with van der Waals surface area (Å²) in [6, 6.07) is 1.45. The normalized spacial score (nSPS) is 19.6. The van der Waals surface area contributed by atoms with Crippen LogP contribution in [0.3, 0.4) is 0 Å². The van der Waals surface area contributed by atoms with Crippen LogP contribution in [-0.4, -0.2) is 12.1 Å². The Morgan fingerprint density at radius 3 is 2.13 bits per heavy atom. The Kier molecular flexibility index (Phi) is 5.66. The van der Waals surface area contributed by atoms with Crippen LogP contribution in [0.15, 0.2) is 0 Å². The molecule has 0 saturated heterocycles. The van der Waals surface area contributed by atoms with Crippen LogP contribution in [0.2, 0.25) is 0 Å². The summed E-state index contributed by atoms with van der Waals surface area (Å²) >= 11 is 0. The van der Waals surface area contributed by atoms with Crippen LogP contribution in [0.25, 0.3) is 0 Å². The molecule has 1 N–H and O–H groups in total. The summed E-state index contributed by atoms with van der Waals surface area (Å²) in [5, 5.41) is 3.76. The standard InChI is InChI=1S/C14H29N/c1-11(2)7-5-10-14(15-12(3)4)13-8-6-9-13/h11-15H,5-10H2,1-4H3. The molecule has 0 aromatic carbocycles. The summed E-state index contributed by atoms with van der Waals surface area (Å²) in [6.45, 7) is 9.20. The van der Waals surface area contributed by atoms with Crippen molar-refractivity contribution >= 4 is 0 Å². The van der Waals surface area contributed by atoms with E-state index >= 15 is 0 Å². The molecule has 0 bridgehead atoms. The van der Waals surface area contributed by atoms with Gasteiger partial charge >= 0.3 is 0 Å². The van der Waals surface area contributed by atoms with Gasteiger partial charge in [-0.2, -0.15) is 0 Å². The monoisotopic (exact) mass is 211 g/mol. The molecule has 1 heteroatoms. The summed E-state index contributed by atoms with van der Waals surface area (Å²) < 4.78 is 0. The van der Waals surface area contributed by atoms with Gasteiger partial charge in [0.15, 0.2) is 0 Å². The molecule has 1 fully saturated rings. The summed E-state index contributed by atoms with van der Waals surface area (Å²) in [5.74, 6) is 1.85. The Balaban J connectivity index is 2.22. The van der Waals surface area contributed by atoms with Gasteiger partial charge in [0.1, 0.15) is 0 Å². The fraction of sp³-hybridized carbons (Fsp3) is 1.00. The van der Waals surface area contributed by atoms with Gasteiger partial charge in [-0.3, -0.25) is 0 Å². The lowest BCUT2D eigenvalue weighted by atomic mass is 9.77. The highest BCUT2D eigenvalue weighted by Gasteiger charge is 2.26. The van der Waals surface area contributed by atoms with Gasteiger partial charge in [-0.15, -0.1) is 0 Å². The zero-order valence-electron chi connectivity index (χ0n) is 11.1. The van der Waals surface area contributed by atoms with Gasteiger partial charge in [0.25, 0.3) is 0 Å². The molecule has 0 amide bonds. The second-order valence-corrected chi connectivity index (χ2v) is 5.94. The molecule has 1 atom stereocenters. The van der Waals surface area contributed by atoms with Crippen LogP contribution in [0, 0.1) is 11.8 Å². The molecule has 15 heavy (non-hydrogen) atoms. The quantitative estimate of drug-likeness (QED) is 0.671. The van der Waals surface area contributed by atoms with E-state index in [-0.39, 0.29) is 0 Å². The van der Waals surface area contributed by atoms with E-state index < -0.39 is 0 Å². The number of rotatable bonds is 7. The second-order valence-electron chi connectivity index (χ2n) is 5.94. The Morgan fingerprint density at radius 2 is 1.73 bits per heavy atom. The molecule has 90 valence electrons. The lowest BCUT2D eigenvalue weighted by Crippen LogP contribution is -2.42. The molecule has 1 rings (SSSR count). The van der Waals surface area contributed by atoms with Crippen molar-refractivity contribution in [2.24, 2.45) is 11.8 Å². The molecular formula is C14H29N. The number of hydrogen-bond donors (Lipinski definition) is 1. The highest BCUT2D eigenvalue weighted by Crippen LogP contribution is 2.32. The summed E-state index contributed by atoms with van der Waals surface area (Å²) in [4.78, 5) is 0. The summed E-state index contributed by atoms with van der Waals surface area (Å²) in [5.41, 5.74) is 0. The Hall–Kier alpha value is -0.0400. The molecule has 1 aliphatic rings. The third kappa shape index (κ3) is 5.01. The minimum absolute atomic E-state index is 0.648. The lowest BCUT2D eigenvalue weighted by Gasteiger charge is -2.36. The van der Waals surface area contributed by atoms with Gasteiger partial charge in [0.2, 0.25) is 0 Å². The van der Waals surface area contributed by atoms with Crippen LogP contribution in [0.5, 0.6) is 0 Å². The average molecular weight is 211 g/mol. The molecule has 0 spiro atoms. The minimum Gasteiger partial charge on any atom is -0.312 e. The molecule has 1 nitrogen and oxygen atoms in total. The third-order valence-corrected chi connectivity index (χ3v) is 3.56. The molecule has 0 aliphatic heterocycles. The SMILES string of the molecule is CC(C)CCCC(NC(C)C)C1CCC1. The largest absolute Gasteiger partial charge is 0.312 e. The zero-order valence-corrected chi connectivity index (χ0v) is 11.1. The number of hydrogen-bond acceptors (Lipinski definition) is 1. The van der Waals surface area contributed by atoms with Gasteiger partial charge in [-0.1, -0.05) is 47.0 Å². The van der Waals surface area contributed by atoms with Gasteiger partial charge in [0.05, 0.1) is 0 Å². The maximum Gasteiger partial charge on any atom is 0.00976 e. The topological polar surface area (TPSA) is 12.0 Å². The van der Waals surface area contributed by atoms with Crippen LogP contribution in [0.1, 0.15) is 66.2 Å². The fourth-order valence-electron chi connectivity index (χ4n) is 2.47. The van der Waals surface area contributed by atoms with Gasteiger partial charge in [-0.25, -0.2) is 0 Å². The van der Waals surface area contributed by atoms with Crippen molar-refractivity contribution < 1.29 is 0 Å². The van der Waals surface area contributed by atoms with Crippen molar-refractivity contribution in [2.75, 3.05) is 0 Å². The van der Waals surface area contributed by atoms with Crippen molar-refractivity contribution in [2.45, 2.75) is 78.3 Å². The van der Waals surface area contributed by atoms with Crippen molar-refractivity contribution in [3.63, 3.8) is 0 Å². The van der Waals surface area contributed by atoms with E-state index in [9.17, 15) is 0 Å². The van der Waals surface area contributed by atoms with Crippen LogP contribution >= 0.6 is 0 Å². The van der Waals surface area contributed by atoms with E-state index in [1.165, 1.54) is 38.5 Å². The van der Waals surface area contributed by atoms with Crippen LogP contribution < -0.4 is 5.32 Å². The van der Waals surface area contributed by atoms with Crippen molar-refractivity contribution in [3.05, 3.63) is 0 Å². The predicted molar refractivity (Wildman–Crippen MR) is 68.1 cm³/mol. The second kappa shape index (κ2) is 6.52. The van der Waals surface area contributed by atoms with E-state index in [2.05, 4.69) is 33.0 Å².